The minimum atomic E-state index is -0.0764. The van der Waals surface area contributed by atoms with Crippen molar-refractivity contribution in [1.82, 2.24) is 4.90 Å². The number of carbonyl (C=O) groups is 1. The standard InChI is InChI=1S/C17H22N2O2/c1-2-21-17(20)16-8-5-11-19(13-16)12-15-7-4-3-6-14(15)9-10-18/h3-4,6-7,16H,2,5,8-9,11-13H2,1H3. The molecule has 4 nitrogen and oxygen atoms in total. The van der Waals surface area contributed by atoms with Crippen LogP contribution in [0.5, 0.6) is 0 Å². The van der Waals surface area contributed by atoms with Gasteiger partial charge in [-0.15, -0.1) is 0 Å². The molecule has 1 fully saturated rings. The fourth-order valence-corrected chi connectivity index (χ4v) is 2.86. The van der Waals surface area contributed by atoms with Crippen molar-refractivity contribution >= 4 is 5.97 Å². The normalized spacial score (nSPS) is 19.0. The largest absolute Gasteiger partial charge is 0.466 e. The monoisotopic (exact) mass is 286 g/mol. The van der Waals surface area contributed by atoms with Gasteiger partial charge in [0.05, 0.1) is 25.0 Å². The van der Waals surface area contributed by atoms with E-state index < -0.39 is 0 Å². The van der Waals surface area contributed by atoms with Crippen molar-refractivity contribution in [3.05, 3.63) is 35.4 Å². The molecule has 4 heteroatoms. The second-order valence-electron chi connectivity index (χ2n) is 5.43. The fourth-order valence-electron chi connectivity index (χ4n) is 2.86. The molecule has 2 rings (SSSR count). The number of benzene rings is 1. The number of carbonyl (C=O) groups excluding carboxylic acids is 1. The van der Waals surface area contributed by atoms with Gasteiger partial charge in [0.2, 0.25) is 0 Å². The first kappa shape index (κ1) is 15.5. The Morgan fingerprint density at radius 3 is 2.90 bits per heavy atom. The van der Waals surface area contributed by atoms with E-state index in [1.807, 2.05) is 25.1 Å². The minimum Gasteiger partial charge on any atom is -0.466 e. The minimum absolute atomic E-state index is 0.0122. The molecule has 1 saturated heterocycles. The molecule has 0 bridgehead atoms. The molecule has 21 heavy (non-hydrogen) atoms. The number of piperidine rings is 1. The van der Waals surface area contributed by atoms with Crippen LogP contribution in [-0.4, -0.2) is 30.6 Å². The van der Waals surface area contributed by atoms with Crippen molar-refractivity contribution in [2.75, 3.05) is 19.7 Å². The van der Waals surface area contributed by atoms with E-state index >= 15 is 0 Å². The van der Waals surface area contributed by atoms with Crippen molar-refractivity contribution in [3.8, 4) is 6.07 Å². The Hall–Kier alpha value is -1.86. The first-order valence-corrected chi connectivity index (χ1v) is 7.57. The Morgan fingerprint density at radius 1 is 1.43 bits per heavy atom. The number of nitrogens with zero attached hydrogens (tertiary/aromatic N) is 2. The highest BCUT2D eigenvalue weighted by atomic mass is 16.5. The Morgan fingerprint density at radius 2 is 2.19 bits per heavy atom. The second kappa shape index (κ2) is 7.80. The lowest BCUT2D eigenvalue weighted by molar-refractivity contribution is -0.150. The van der Waals surface area contributed by atoms with Crippen LogP contribution >= 0.6 is 0 Å². The molecule has 1 heterocycles. The quantitative estimate of drug-likeness (QED) is 0.781. The fraction of sp³-hybridized carbons (Fsp3) is 0.529. The zero-order valence-corrected chi connectivity index (χ0v) is 12.5. The molecule has 1 aliphatic heterocycles. The molecule has 1 aromatic carbocycles. The average Bonchev–Trinajstić information content (AvgIpc) is 2.50. The summed E-state index contributed by atoms with van der Waals surface area (Å²) in [4.78, 5) is 14.2. The van der Waals surface area contributed by atoms with Crippen molar-refractivity contribution in [2.45, 2.75) is 32.7 Å². The Bertz CT molecular complexity index is 522. The average molecular weight is 286 g/mol. The predicted molar refractivity (Wildman–Crippen MR) is 80.4 cm³/mol. The smallest absolute Gasteiger partial charge is 0.310 e. The molecular formula is C17H22N2O2. The van der Waals surface area contributed by atoms with Gasteiger partial charge in [0.25, 0.3) is 0 Å². The number of rotatable bonds is 5. The van der Waals surface area contributed by atoms with E-state index in [0.29, 0.717) is 13.0 Å². The third-order valence-electron chi connectivity index (χ3n) is 3.91. The lowest BCUT2D eigenvalue weighted by Gasteiger charge is -2.31. The summed E-state index contributed by atoms with van der Waals surface area (Å²) in [6.45, 7) is 4.83. The van der Waals surface area contributed by atoms with Gasteiger partial charge in [-0.1, -0.05) is 24.3 Å². The van der Waals surface area contributed by atoms with Crippen LogP contribution < -0.4 is 0 Å². The van der Waals surface area contributed by atoms with E-state index in [4.69, 9.17) is 10.00 Å². The molecule has 0 saturated carbocycles. The van der Waals surface area contributed by atoms with Crippen molar-refractivity contribution in [1.29, 1.82) is 5.26 Å². The third-order valence-corrected chi connectivity index (χ3v) is 3.91. The summed E-state index contributed by atoms with van der Waals surface area (Å²) in [6.07, 6.45) is 2.37. The summed E-state index contributed by atoms with van der Waals surface area (Å²) in [5.74, 6) is -0.0886. The molecular weight excluding hydrogens is 264 g/mol. The summed E-state index contributed by atoms with van der Waals surface area (Å²) in [5, 5.41) is 8.90. The Kier molecular flexibility index (Phi) is 5.77. The van der Waals surface area contributed by atoms with Crippen molar-refractivity contribution < 1.29 is 9.53 Å². The van der Waals surface area contributed by atoms with Crippen LogP contribution in [0.3, 0.4) is 0 Å². The molecule has 0 amide bonds. The summed E-state index contributed by atoms with van der Waals surface area (Å²) in [6, 6.07) is 10.3. The van der Waals surface area contributed by atoms with E-state index in [9.17, 15) is 4.79 Å². The number of hydrogen-bond donors (Lipinski definition) is 0. The van der Waals surface area contributed by atoms with Gasteiger partial charge in [0, 0.05) is 13.1 Å². The maximum absolute atomic E-state index is 11.9. The van der Waals surface area contributed by atoms with Gasteiger partial charge in [0.1, 0.15) is 0 Å². The van der Waals surface area contributed by atoms with Gasteiger partial charge in [-0.2, -0.15) is 5.26 Å². The van der Waals surface area contributed by atoms with Crippen molar-refractivity contribution in [3.63, 3.8) is 0 Å². The molecule has 0 spiro atoms. The molecule has 0 aliphatic carbocycles. The van der Waals surface area contributed by atoms with Crippen LogP contribution in [0.15, 0.2) is 24.3 Å². The number of esters is 1. The van der Waals surface area contributed by atoms with E-state index in [-0.39, 0.29) is 11.9 Å². The van der Waals surface area contributed by atoms with Crippen LogP contribution in [0.2, 0.25) is 0 Å². The predicted octanol–water partition coefficient (Wildman–Crippen LogP) is 2.53. The molecule has 0 radical (unpaired) electrons. The van der Waals surface area contributed by atoms with Gasteiger partial charge in [-0.05, 0) is 37.4 Å². The highest BCUT2D eigenvalue weighted by molar-refractivity contribution is 5.72. The highest BCUT2D eigenvalue weighted by Gasteiger charge is 2.26. The van der Waals surface area contributed by atoms with Crippen molar-refractivity contribution in [2.24, 2.45) is 5.92 Å². The van der Waals surface area contributed by atoms with Crippen LogP contribution in [0, 0.1) is 17.2 Å². The summed E-state index contributed by atoms with van der Waals surface area (Å²) >= 11 is 0. The molecule has 1 unspecified atom stereocenters. The van der Waals surface area contributed by atoms with Crippen LogP contribution in [0.4, 0.5) is 0 Å². The van der Waals surface area contributed by atoms with Gasteiger partial charge in [-0.25, -0.2) is 0 Å². The summed E-state index contributed by atoms with van der Waals surface area (Å²) in [5.41, 5.74) is 2.27. The maximum atomic E-state index is 11.9. The van der Waals surface area contributed by atoms with E-state index in [0.717, 1.165) is 38.0 Å². The van der Waals surface area contributed by atoms with Crippen LogP contribution in [0.25, 0.3) is 0 Å². The Labute approximate surface area is 126 Å². The zero-order chi connectivity index (χ0) is 15.1. The molecule has 1 aromatic rings. The van der Waals surface area contributed by atoms with Gasteiger partial charge in [-0.3, -0.25) is 9.69 Å². The number of hydrogen-bond acceptors (Lipinski definition) is 4. The first-order chi connectivity index (χ1) is 10.2. The van der Waals surface area contributed by atoms with Crippen LogP contribution in [0.1, 0.15) is 30.9 Å². The zero-order valence-electron chi connectivity index (χ0n) is 12.5. The number of nitriles is 1. The van der Waals surface area contributed by atoms with Gasteiger partial charge >= 0.3 is 5.97 Å². The topological polar surface area (TPSA) is 53.3 Å². The summed E-state index contributed by atoms with van der Waals surface area (Å²) < 4.78 is 5.13. The molecule has 1 atom stereocenters. The summed E-state index contributed by atoms with van der Waals surface area (Å²) in [7, 11) is 0. The lowest BCUT2D eigenvalue weighted by Crippen LogP contribution is -2.39. The molecule has 112 valence electrons. The lowest BCUT2D eigenvalue weighted by atomic mass is 9.97. The van der Waals surface area contributed by atoms with E-state index in [1.165, 1.54) is 5.56 Å². The third kappa shape index (κ3) is 4.30. The molecule has 0 aromatic heterocycles. The highest BCUT2D eigenvalue weighted by Crippen LogP contribution is 2.21. The maximum Gasteiger partial charge on any atom is 0.310 e. The number of likely N-dealkylation sites (tertiary alicyclic amines) is 1. The number of ether oxygens (including phenoxy) is 1. The van der Waals surface area contributed by atoms with Gasteiger partial charge in [0.15, 0.2) is 0 Å². The SMILES string of the molecule is CCOC(=O)C1CCCN(Cc2ccccc2CC#N)C1. The Balaban J connectivity index is 2.00. The van der Waals surface area contributed by atoms with E-state index in [1.54, 1.807) is 0 Å². The van der Waals surface area contributed by atoms with Crippen LogP contribution in [-0.2, 0) is 22.5 Å². The molecule has 0 N–H and O–H groups in total. The first-order valence-electron chi connectivity index (χ1n) is 7.57. The van der Waals surface area contributed by atoms with Gasteiger partial charge < -0.3 is 4.74 Å². The second-order valence-corrected chi connectivity index (χ2v) is 5.43. The molecule has 1 aliphatic rings. The van der Waals surface area contributed by atoms with E-state index in [2.05, 4.69) is 17.0 Å².